The van der Waals surface area contributed by atoms with Gasteiger partial charge < -0.3 is 14.9 Å². The van der Waals surface area contributed by atoms with Crippen molar-refractivity contribution in [3.8, 4) is 22.8 Å². The van der Waals surface area contributed by atoms with Crippen LogP contribution in [-0.4, -0.2) is 10.9 Å². The average Bonchev–Trinajstić information content (AvgIpc) is 3.09. The fraction of sp³-hybridized carbons (Fsp3) is 0. The van der Waals surface area contributed by atoms with Gasteiger partial charge in [-0.1, -0.05) is 30.3 Å². The minimum absolute atomic E-state index is 0.0415. The molecule has 0 aliphatic heterocycles. The standard InChI is InChI=1S/C20H13FN2O3/c21-14-10-13(20(22)24)6-7-16(14)25-17-8-9-23-15-11-18(26-19(15)17)12-4-2-1-3-5-12/h1-11H,(H2,22,24). The number of carbonyl (C=O) groups is 1. The van der Waals surface area contributed by atoms with E-state index in [1.807, 2.05) is 30.3 Å². The summed E-state index contributed by atoms with van der Waals surface area (Å²) in [4.78, 5) is 15.4. The molecule has 0 saturated heterocycles. The van der Waals surface area contributed by atoms with E-state index in [-0.39, 0.29) is 11.3 Å². The molecule has 0 spiro atoms. The van der Waals surface area contributed by atoms with Crippen LogP contribution in [0.25, 0.3) is 22.4 Å². The molecule has 4 aromatic rings. The van der Waals surface area contributed by atoms with Gasteiger partial charge >= 0.3 is 0 Å². The molecule has 2 aromatic heterocycles. The third-order valence-corrected chi connectivity index (χ3v) is 3.87. The number of benzene rings is 2. The number of primary amides is 1. The van der Waals surface area contributed by atoms with Crippen LogP contribution in [0.4, 0.5) is 4.39 Å². The maximum absolute atomic E-state index is 14.2. The van der Waals surface area contributed by atoms with Crippen LogP contribution in [0, 0.1) is 5.82 Å². The van der Waals surface area contributed by atoms with Crippen LogP contribution in [0.1, 0.15) is 10.4 Å². The highest BCUT2D eigenvalue weighted by molar-refractivity contribution is 5.93. The van der Waals surface area contributed by atoms with Crippen molar-refractivity contribution in [2.24, 2.45) is 5.73 Å². The Morgan fingerprint density at radius 2 is 1.85 bits per heavy atom. The van der Waals surface area contributed by atoms with Gasteiger partial charge in [-0.3, -0.25) is 9.78 Å². The third kappa shape index (κ3) is 2.88. The second kappa shape index (κ2) is 6.33. The number of furan rings is 1. The Balaban J connectivity index is 1.73. The smallest absolute Gasteiger partial charge is 0.248 e. The number of nitrogens with zero attached hydrogens (tertiary/aromatic N) is 1. The van der Waals surface area contributed by atoms with Crippen LogP contribution in [0.5, 0.6) is 11.5 Å². The number of aromatic nitrogens is 1. The molecule has 0 aliphatic carbocycles. The van der Waals surface area contributed by atoms with Crippen LogP contribution in [-0.2, 0) is 0 Å². The number of carbonyl (C=O) groups excluding carboxylic acids is 1. The summed E-state index contributed by atoms with van der Waals surface area (Å²) >= 11 is 0. The van der Waals surface area contributed by atoms with E-state index >= 15 is 0 Å². The van der Waals surface area contributed by atoms with Crippen LogP contribution >= 0.6 is 0 Å². The van der Waals surface area contributed by atoms with E-state index in [0.717, 1.165) is 11.6 Å². The first-order valence-electron chi connectivity index (χ1n) is 7.83. The molecule has 0 radical (unpaired) electrons. The molecule has 128 valence electrons. The zero-order valence-corrected chi connectivity index (χ0v) is 13.5. The lowest BCUT2D eigenvalue weighted by Gasteiger charge is -2.07. The van der Waals surface area contributed by atoms with Gasteiger partial charge in [-0.25, -0.2) is 4.39 Å². The quantitative estimate of drug-likeness (QED) is 0.588. The van der Waals surface area contributed by atoms with Gasteiger partial charge in [0.1, 0.15) is 11.3 Å². The van der Waals surface area contributed by atoms with Crippen molar-refractivity contribution in [3.63, 3.8) is 0 Å². The first kappa shape index (κ1) is 15.8. The van der Waals surface area contributed by atoms with Crippen LogP contribution in [0.3, 0.4) is 0 Å². The van der Waals surface area contributed by atoms with E-state index in [9.17, 15) is 9.18 Å². The van der Waals surface area contributed by atoms with Crippen LogP contribution < -0.4 is 10.5 Å². The summed E-state index contributed by atoms with van der Waals surface area (Å²) in [7, 11) is 0. The average molecular weight is 348 g/mol. The van der Waals surface area contributed by atoms with Gasteiger partial charge in [-0.05, 0) is 18.2 Å². The Morgan fingerprint density at radius 3 is 2.58 bits per heavy atom. The molecule has 0 bridgehead atoms. The number of ether oxygens (including phenoxy) is 1. The molecule has 0 saturated carbocycles. The Morgan fingerprint density at radius 1 is 1.04 bits per heavy atom. The van der Waals surface area contributed by atoms with Gasteiger partial charge in [-0.15, -0.1) is 0 Å². The summed E-state index contributed by atoms with van der Waals surface area (Å²) in [6.45, 7) is 0. The number of halogens is 1. The number of nitrogens with two attached hydrogens (primary N) is 1. The van der Waals surface area contributed by atoms with Crippen LogP contribution in [0.2, 0.25) is 0 Å². The number of hydrogen-bond donors (Lipinski definition) is 1. The molecule has 0 aliphatic rings. The minimum Gasteiger partial charge on any atom is -0.450 e. The molecular weight excluding hydrogens is 335 g/mol. The monoisotopic (exact) mass is 348 g/mol. The van der Waals surface area contributed by atoms with Crippen molar-refractivity contribution in [2.45, 2.75) is 0 Å². The van der Waals surface area contributed by atoms with Crippen molar-refractivity contribution in [1.82, 2.24) is 4.98 Å². The van der Waals surface area contributed by atoms with Crippen molar-refractivity contribution in [3.05, 3.63) is 78.2 Å². The van der Waals surface area contributed by atoms with Gasteiger partial charge in [0.05, 0.1) is 0 Å². The Hall–Kier alpha value is -3.67. The molecule has 4 rings (SSSR count). The third-order valence-electron chi connectivity index (χ3n) is 3.87. The highest BCUT2D eigenvalue weighted by Gasteiger charge is 2.15. The second-order valence-electron chi connectivity index (χ2n) is 5.61. The molecule has 26 heavy (non-hydrogen) atoms. The lowest BCUT2D eigenvalue weighted by Crippen LogP contribution is -2.11. The molecule has 2 N–H and O–H groups in total. The lowest BCUT2D eigenvalue weighted by molar-refractivity contribution is 0.1000. The molecule has 2 aromatic carbocycles. The SMILES string of the molecule is NC(=O)c1ccc(Oc2ccnc3cc(-c4ccccc4)oc23)c(F)c1. The summed E-state index contributed by atoms with van der Waals surface area (Å²) in [6, 6.07) is 16.7. The second-order valence-corrected chi connectivity index (χ2v) is 5.61. The van der Waals surface area contributed by atoms with Crippen molar-refractivity contribution in [2.75, 3.05) is 0 Å². The fourth-order valence-corrected chi connectivity index (χ4v) is 2.60. The maximum atomic E-state index is 14.2. The van der Waals surface area contributed by atoms with E-state index in [2.05, 4.69) is 4.98 Å². The number of amides is 1. The number of fused-ring (bicyclic) bond motifs is 1. The Bertz CT molecular complexity index is 1110. The largest absolute Gasteiger partial charge is 0.450 e. The molecule has 2 heterocycles. The lowest BCUT2D eigenvalue weighted by atomic mass is 10.2. The molecule has 5 nitrogen and oxygen atoms in total. The van der Waals surface area contributed by atoms with Crippen LogP contribution in [0.15, 0.2) is 71.3 Å². The summed E-state index contributed by atoms with van der Waals surface area (Å²) < 4.78 is 25.7. The van der Waals surface area contributed by atoms with Gasteiger partial charge in [0.15, 0.2) is 22.9 Å². The topological polar surface area (TPSA) is 78.4 Å². The van der Waals surface area contributed by atoms with E-state index in [1.165, 1.54) is 12.1 Å². The fourth-order valence-electron chi connectivity index (χ4n) is 2.60. The molecule has 6 heteroatoms. The summed E-state index contributed by atoms with van der Waals surface area (Å²) in [5, 5.41) is 0. The van der Waals surface area contributed by atoms with Gasteiger partial charge in [0.2, 0.25) is 5.91 Å². The highest BCUT2D eigenvalue weighted by atomic mass is 19.1. The summed E-state index contributed by atoms with van der Waals surface area (Å²) in [5.41, 5.74) is 7.11. The highest BCUT2D eigenvalue weighted by Crippen LogP contribution is 2.35. The summed E-state index contributed by atoms with van der Waals surface area (Å²) in [5.74, 6) is -0.488. The molecule has 0 unspecified atom stereocenters. The van der Waals surface area contributed by atoms with Gasteiger partial charge in [0, 0.05) is 29.5 Å². The number of pyridine rings is 1. The van der Waals surface area contributed by atoms with E-state index < -0.39 is 11.7 Å². The number of hydrogen-bond acceptors (Lipinski definition) is 4. The van der Waals surface area contributed by atoms with E-state index in [1.54, 1.807) is 18.3 Å². The summed E-state index contributed by atoms with van der Waals surface area (Å²) in [6.07, 6.45) is 1.55. The Kier molecular flexibility index (Phi) is 3.85. The first-order valence-corrected chi connectivity index (χ1v) is 7.83. The van der Waals surface area contributed by atoms with Gasteiger partial charge in [-0.2, -0.15) is 0 Å². The zero-order chi connectivity index (χ0) is 18.1. The predicted molar refractivity (Wildman–Crippen MR) is 94.4 cm³/mol. The van der Waals surface area contributed by atoms with E-state index in [0.29, 0.717) is 22.6 Å². The molecule has 0 atom stereocenters. The normalized spacial score (nSPS) is 10.8. The van der Waals surface area contributed by atoms with Gasteiger partial charge in [0.25, 0.3) is 0 Å². The first-order chi connectivity index (χ1) is 12.6. The predicted octanol–water partition coefficient (Wildman–Crippen LogP) is 4.53. The number of rotatable bonds is 4. The zero-order valence-electron chi connectivity index (χ0n) is 13.5. The Labute approximate surface area is 147 Å². The minimum atomic E-state index is -0.708. The molecule has 1 amide bonds. The maximum Gasteiger partial charge on any atom is 0.248 e. The van der Waals surface area contributed by atoms with Crippen molar-refractivity contribution in [1.29, 1.82) is 0 Å². The molecule has 0 fully saturated rings. The van der Waals surface area contributed by atoms with Crippen molar-refractivity contribution < 1.29 is 18.3 Å². The molecular formula is C20H13FN2O3. The van der Waals surface area contributed by atoms with E-state index in [4.69, 9.17) is 14.9 Å². The van der Waals surface area contributed by atoms with Crippen molar-refractivity contribution >= 4 is 17.0 Å².